The van der Waals surface area contributed by atoms with Gasteiger partial charge < -0.3 is 9.47 Å². The Kier molecular flexibility index (Phi) is 7.34. The van der Waals surface area contributed by atoms with Crippen molar-refractivity contribution in [1.82, 2.24) is 0 Å². The lowest BCUT2D eigenvalue weighted by Gasteiger charge is -2.07. The Labute approximate surface area is 142 Å². The zero-order valence-electron chi connectivity index (χ0n) is 13.6. The first-order valence-electron chi connectivity index (χ1n) is 7.67. The molecule has 2 aromatic rings. The Balaban J connectivity index is 1.88. The number of ether oxygens (including phenoxy) is 2. The molecule has 0 radical (unpaired) electrons. The lowest BCUT2D eigenvalue weighted by atomic mass is 10.3. The third-order valence-corrected chi connectivity index (χ3v) is 4.06. The van der Waals surface area contributed by atoms with Crippen LogP contribution in [0.1, 0.15) is 13.8 Å². The maximum atomic E-state index is 5.60. The molecule has 0 aromatic heterocycles. The molecule has 0 aliphatic heterocycles. The van der Waals surface area contributed by atoms with Crippen molar-refractivity contribution < 1.29 is 9.47 Å². The van der Waals surface area contributed by atoms with Crippen molar-refractivity contribution in [2.45, 2.75) is 23.6 Å². The van der Waals surface area contributed by atoms with Crippen molar-refractivity contribution in [3.8, 4) is 11.5 Å². The maximum absolute atomic E-state index is 5.60. The summed E-state index contributed by atoms with van der Waals surface area (Å²) < 4.78 is 11.2. The summed E-state index contributed by atoms with van der Waals surface area (Å²) in [6.45, 7) is 5.19. The molecule has 23 heavy (non-hydrogen) atoms. The van der Waals surface area contributed by atoms with Gasteiger partial charge in [-0.25, -0.2) is 0 Å². The molecule has 0 atom stereocenters. The predicted octanol–water partition coefficient (Wildman–Crippen LogP) is 5.75. The van der Waals surface area contributed by atoms with Gasteiger partial charge >= 0.3 is 0 Å². The first-order chi connectivity index (χ1) is 11.3. The van der Waals surface area contributed by atoms with E-state index in [-0.39, 0.29) is 0 Å². The number of hydrogen-bond donors (Lipinski definition) is 0. The lowest BCUT2D eigenvalue weighted by Crippen LogP contribution is -1.92. The molecule has 0 spiro atoms. The smallest absolute Gasteiger partial charge is 0.119 e. The minimum atomic E-state index is 0.609. The van der Waals surface area contributed by atoms with E-state index in [1.165, 1.54) is 9.79 Å². The number of rotatable bonds is 8. The molecule has 0 heterocycles. The quantitative estimate of drug-likeness (QED) is 0.576. The number of benzene rings is 2. The average molecular weight is 326 g/mol. The fourth-order valence-corrected chi connectivity index (χ4v) is 2.64. The lowest BCUT2D eigenvalue weighted by molar-refractivity contribution is 0.362. The number of hydrogen-bond acceptors (Lipinski definition) is 3. The van der Waals surface area contributed by atoms with Crippen molar-refractivity contribution in [3.05, 3.63) is 72.8 Å². The van der Waals surface area contributed by atoms with Crippen LogP contribution in [0.15, 0.2) is 82.6 Å². The third kappa shape index (κ3) is 6.25. The summed E-state index contributed by atoms with van der Waals surface area (Å²) in [6.07, 6.45) is 7.94. The van der Waals surface area contributed by atoms with Gasteiger partial charge in [0.25, 0.3) is 0 Å². The monoisotopic (exact) mass is 326 g/mol. The van der Waals surface area contributed by atoms with Crippen LogP contribution in [0.3, 0.4) is 0 Å². The van der Waals surface area contributed by atoms with E-state index in [9.17, 15) is 0 Å². The first-order valence-corrected chi connectivity index (χ1v) is 8.49. The molecule has 0 bridgehead atoms. The van der Waals surface area contributed by atoms with Gasteiger partial charge in [-0.3, -0.25) is 0 Å². The summed E-state index contributed by atoms with van der Waals surface area (Å²) in [7, 11) is 0. The summed E-state index contributed by atoms with van der Waals surface area (Å²) in [4.78, 5) is 2.37. The molecule has 0 saturated carbocycles. The molecular weight excluding hydrogens is 304 g/mol. The Morgan fingerprint density at radius 1 is 0.696 bits per heavy atom. The van der Waals surface area contributed by atoms with Crippen LogP contribution in [0.2, 0.25) is 0 Å². The van der Waals surface area contributed by atoms with Crippen molar-refractivity contribution in [3.63, 3.8) is 0 Å². The van der Waals surface area contributed by atoms with E-state index < -0.39 is 0 Å². The predicted molar refractivity (Wildman–Crippen MR) is 97.6 cm³/mol. The van der Waals surface area contributed by atoms with Crippen molar-refractivity contribution in [1.29, 1.82) is 0 Å². The highest BCUT2D eigenvalue weighted by Gasteiger charge is 2.00. The molecule has 0 saturated heterocycles. The third-order valence-electron chi connectivity index (χ3n) is 3.05. The molecule has 2 aromatic carbocycles. The zero-order chi connectivity index (χ0) is 16.3. The second-order valence-electron chi connectivity index (χ2n) is 4.80. The van der Waals surface area contributed by atoms with Crippen molar-refractivity contribution >= 4 is 11.8 Å². The van der Waals surface area contributed by atoms with Crippen LogP contribution in [-0.2, 0) is 0 Å². The van der Waals surface area contributed by atoms with Gasteiger partial charge in [0.2, 0.25) is 0 Å². The summed E-state index contributed by atoms with van der Waals surface area (Å²) in [5, 5.41) is 0. The van der Waals surface area contributed by atoms with Crippen LogP contribution in [0, 0.1) is 0 Å². The van der Waals surface area contributed by atoms with E-state index >= 15 is 0 Å². The minimum absolute atomic E-state index is 0.609. The second kappa shape index (κ2) is 9.80. The van der Waals surface area contributed by atoms with Crippen molar-refractivity contribution in [2.75, 3.05) is 13.2 Å². The Morgan fingerprint density at radius 2 is 1.09 bits per heavy atom. The van der Waals surface area contributed by atoms with Gasteiger partial charge in [-0.05, 0) is 62.4 Å². The molecule has 0 unspecified atom stereocenters. The van der Waals surface area contributed by atoms with Gasteiger partial charge in [0.05, 0.1) is 0 Å². The fourth-order valence-electron chi connectivity index (χ4n) is 1.83. The second-order valence-corrected chi connectivity index (χ2v) is 5.95. The largest absolute Gasteiger partial charge is 0.490 e. The Morgan fingerprint density at radius 3 is 1.43 bits per heavy atom. The topological polar surface area (TPSA) is 18.5 Å². The molecule has 3 heteroatoms. The van der Waals surface area contributed by atoms with Crippen molar-refractivity contribution in [2.24, 2.45) is 0 Å². The van der Waals surface area contributed by atoms with E-state index in [0.717, 1.165) is 11.5 Å². The average Bonchev–Trinajstić information content (AvgIpc) is 2.58. The summed E-state index contributed by atoms with van der Waals surface area (Å²) in [5.41, 5.74) is 0. The summed E-state index contributed by atoms with van der Waals surface area (Å²) in [5.74, 6) is 1.78. The summed E-state index contributed by atoms with van der Waals surface area (Å²) >= 11 is 1.72. The molecule has 2 rings (SSSR count). The van der Waals surface area contributed by atoms with Gasteiger partial charge in [-0.2, -0.15) is 0 Å². The zero-order valence-corrected chi connectivity index (χ0v) is 14.4. The van der Waals surface area contributed by atoms with Gasteiger partial charge in [-0.1, -0.05) is 36.1 Å². The van der Waals surface area contributed by atoms with Crippen LogP contribution in [-0.4, -0.2) is 13.2 Å². The van der Waals surface area contributed by atoms with Crippen LogP contribution in [0.5, 0.6) is 11.5 Å². The van der Waals surface area contributed by atoms with Crippen LogP contribution >= 0.6 is 11.8 Å². The highest BCUT2D eigenvalue weighted by molar-refractivity contribution is 7.99. The molecule has 0 N–H and O–H groups in total. The molecule has 2 nitrogen and oxygen atoms in total. The van der Waals surface area contributed by atoms with Gasteiger partial charge in [-0.15, -0.1) is 0 Å². The summed E-state index contributed by atoms with van der Waals surface area (Å²) in [6, 6.07) is 16.3. The molecular formula is C20H22O2S. The van der Waals surface area contributed by atoms with Gasteiger partial charge in [0, 0.05) is 9.79 Å². The first kappa shape index (κ1) is 17.2. The van der Waals surface area contributed by atoms with Gasteiger partial charge in [0.15, 0.2) is 0 Å². The highest BCUT2D eigenvalue weighted by atomic mass is 32.2. The SMILES string of the molecule is CC=CCOc1ccc(Sc2ccc(OCC=CC)cc2)cc1. The molecule has 0 aliphatic rings. The molecule has 0 amide bonds. The van der Waals surface area contributed by atoms with E-state index in [1.807, 2.05) is 62.4 Å². The Hall–Kier alpha value is -2.13. The van der Waals surface area contributed by atoms with Crippen LogP contribution in [0.25, 0.3) is 0 Å². The minimum Gasteiger partial charge on any atom is -0.490 e. The van der Waals surface area contributed by atoms with E-state index in [0.29, 0.717) is 13.2 Å². The van der Waals surface area contributed by atoms with Crippen LogP contribution in [0.4, 0.5) is 0 Å². The Bertz CT molecular complexity index is 570. The molecule has 0 aliphatic carbocycles. The highest BCUT2D eigenvalue weighted by Crippen LogP contribution is 2.30. The standard InChI is InChI=1S/C20H22O2S/c1-3-5-15-21-17-7-11-19(12-8-17)23-20-13-9-18(10-14-20)22-16-6-4-2/h3-14H,15-16H2,1-2H3. The normalized spacial score (nSPS) is 11.2. The fraction of sp³-hybridized carbons (Fsp3) is 0.200. The van der Waals surface area contributed by atoms with E-state index in [2.05, 4.69) is 24.3 Å². The number of allylic oxidation sites excluding steroid dienone is 2. The van der Waals surface area contributed by atoms with Crippen LogP contribution < -0.4 is 9.47 Å². The maximum Gasteiger partial charge on any atom is 0.119 e. The van der Waals surface area contributed by atoms with E-state index in [1.54, 1.807) is 11.8 Å². The molecule has 120 valence electrons. The molecule has 0 fully saturated rings. The van der Waals surface area contributed by atoms with E-state index in [4.69, 9.17) is 9.47 Å². The van der Waals surface area contributed by atoms with Gasteiger partial charge in [0.1, 0.15) is 24.7 Å².